The van der Waals surface area contributed by atoms with E-state index in [0.29, 0.717) is 55.3 Å². The third-order valence-corrected chi connectivity index (χ3v) is 9.59. The smallest absolute Gasteiger partial charge is 0.341 e. The molecule has 2 fully saturated rings. The Hall–Kier alpha value is -3.32. The summed E-state index contributed by atoms with van der Waals surface area (Å²) in [6.07, 6.45) is 2.92. The summed E-state index contributed by atoms with van der Waals surface area (Å²) in [4.78, 5) is 30.2. The first-order valence-electron chi connectivity index (χ1n) is 13.1. The summed E-state index contributed by atoms with van der Waals surface area (Å²) >= 11 is 1.09. The first-order valence-corrected chi connectivity index (χ1v) is 15.5. The average Bonchev–Trinajstić information content (AvgIpc) is 3.74. The molecule has 2 aromatic carbocycles. The minimum atomic E-state index is -3.35. The van der Waals surface area contributed by atoms with Crippen molar-refractivity contribution in [3.63, 3.8) is 0 Å². The average molecular weight is 587 g/mol. The standard InChI is InChI=1S/C28H30N2O8S2/c1-2-36-27(32)22-5-3-4-6-23(22)38-24-17-29-28(39-24)30-26(31)25(37-19-13-15-35-16-14-19)18-7-9-20(10-8-18)40(33,34)21-11-12-21/h3-10,17,19,21,25H,2,11-16H2,1H3,(H,29,30,31). The largest absolute Gasteiger partial charge is 0.462 e. The molecular formula is C28H30N2O8S2. The van der Waals surface area contributed by atoms with E-state index in [0.717, 1.165) is 11.3 Å². The van der Waals surface area contributed by atoms with Crippen LogP contribution in [0.4, 0.5) is 5.13 Å². The predicted molar refractivity (Wildman–Crippen MR) is 148 cm³/mol. The zero-order valence-corrected chi connectivity index (χ0v) is 23.5. The first kappa shape index (κ1) is 28.2. The van der Waals surface area contributed by atoms with Gasteiger partial charge < -0.3 is 18.9 Å². The fourth-order valence-electron chi connectivity index (χ4n) is 4.28. The molecule has 1 aliphatic heterocycles. The van der Waals surface area contributed by atoms with E-state index in [2.05, 4.69) is 10.3 Å². The third-order valence-electron chi connectivity index (χ3n) is 6.52. The molecule has 1 saturated carbocycles. The van der Waals surface area contributed by atoms with Gasteiger partial charge in [-0.1, -0.05) is 35.6 Å². The number of ether oxygens (including phenoxy) is 4. The van der Waals surface area contributed by atoms with Gasteiger partial charge in [-0.2, -0.15) is 0 Å². The summed E-state index contributed by atoms with van der Waals surface area (Å²) in [6, 6.07) is 13.0. The fraction of sp³-hybridized carbons (Fsp3) is 0.393. The van der Waals surface area contributed by atoms with Crippen LogP contribution in [0.5, 0.6) is 10.8 Å². The van der Waals surface area contributed by atoms with Crippen LogP contribution in [0.3, 0.4) is 0 Å². The van der Waals surface area contributed by atoms with Crippen molar-refractivity contribution in [3.8, 4) is 10.8 Å². The molecule has 1 N–H and O–H groups in total. The maximum atomic E-state index is 13.4. The maximum absolute atomic E-state index is 13.4. The number of thiazole rings is 1. The summed E-state index contributed by atoms with van der Waals surface area (Å²) in [5.74, 6) is -0.637. The predicted octanol–water partition coefficient (Wildman–Crippen LogP) is 4.92. The van der Waals surface area contributed by atoms with Gasteiger partial charge in [-0.05, 0) is 62.4 Å². The summed E-state index contributed by atoms with van der Waals surface area (Å²) < 4.78 is 47.8. The number of rotatable bonds is 11. The highest BCUT2D eigenvalue weighted by Crippen LogP contribution is 2.35. The molecule has 2 aliphatic rings. The molecule has 2 heterocycles. The number of amides is 1. The van der Waals surface area contributed by atoms with Gasteiger partial charge in [0.05, 0.1) is 29.1 Å². The number of sulfone groups is 1. The van der Waals surface area contributed by atoms with Crippen molar-refractivity contribution >= 4 is 38.2 Å². The van der Waals surface area contributed by atoms with E-state index in [-0.39, 0.29) is 33.6 Å². The van der Waals surface area contributed by atoms with Crippen molar-refractivity contribution in [2.75, 3.05) is 25.1 Å². The summed E-state index contributed by atoms with van der Waals surface area (Å²) in [6.45, 7) is 3.04. The topological polar surface area (TPSA) is 130 Å². The molecule has 1 unspecified atom stereocenters. The molecule has 3 aromatic rings. The summed E-state index contributed by atoms with van der Waals surface area (Å²) in [5, 5.41) is 3.12. The van der Waals surface area contributed by atoms with Crippen LogP contribution >= 0.6 is 11.3 Å². The van der Waals surface area contributed by atoms with Gasteiger partial charge in [0, 0.05) is 13.2 Å². The van der Waals surface area contributed by atoms with Crippen LogP contribution in [-0.4, -0.2) is 56.5 Å². The van der Waals surface area contributed by atoms with Gasteiger partial charge in [-0.15, -0.1) is 0 Å². The van der Waals surface area contributed by atoms with Gasteiger partial charge >= 0.3 is 5.97 Å². The quantitative estimate of drug-likeness (QED) is 0.311. The number of benzene rings is 2. The number of esters is 1. The molecular weight excluding hydrogens is 556 g/mol. The molecule has 1 saturated heterocycles. The van der Waals surface area contributed by atoms with E-state index in [1.165, 1.54) is 18.3 Å². The summed E-state index contributed by atoms with van der Waals surface area (Å²) in [5.41, 5.74) is 0.815. The highest BCUT2D eigenvalue weighted by molar-refractivity contribution is 7.92. The number of nitrogens with zero attached hydrogens (tertiary/aromatic N) is 1. The van der Waals surface area contributed by atoms with Gasteiger partial charge in [0.1, 0.15) is 11.3 Å². The molecule has 212 valence electrons. The molecule has 0 spiro atoms. The van der Waals surface area contributed by atoms with Crippen LogP contribution in [0.15, 0.2) is 59.6 Å². The number of anilines is 1. The Morgan fingerprint density at radius 1 is 1.07 bits per heavy atom. The van der Waals surface area contributed by atoms with E-state index in [4.69, 9.17) is 18.9 Å². The SMILES string of the molecule is CCOC(=O)c1ccccc1Oc1cnc(NC(=O)C(OC2CCOCC2)c2ccc(S(=O)(=O)C3CC3)cc2)s1. The molecule has 0 radical (unpaired) electrons. The molecule has 1 aliphatic carbocycles. The van der Waals surface area contributed by atoms with E-state index in [1.807, 2.05) is 0 Å². The van der Waals surface area contributed by atoms with Crippen molar-refractivity contribution in [2.24, 2.45) is 0 Å². The van der Waals surface area contributed by atoms with Crippen LogP contribution in [0.1, 0.15) is 54.6 Å². The minimum Gasteiger partial charge on any atom is -0.462 e. The molecule has 0 bridgehead atoms. The first-order chi connectivity index (χ1) is 19.3. The van der Waals surface area contributed by atoms with Crippen molar-refractivity contribution in [1.29, 1.82) is 0 Å². The highest BCUT2D eigenvalue weighted by Gasteiger charge is 2.37. The minimum absolute atomic E-state index is 0.186. The van der Waals surface area contributed by atoms with E-state index < -0.39 is 27.8 Å². The van der Waals surface area contributed by atoms with E-state index in [1.54, 1.807) is 43.3 Å². The normalized spacial score (nSPS) is 16.7. The fourth-order valence-corrected chi connectivity index (χ4v) is 6.62. The second kappa shape index (κ2) is 12.5. The van der Waals surface area contributed by atoms with Crippen LogP contribution < -0.4 is 10.1 Å². The maximum Gasteiger partial charge on any atom is 0.341 e. The lowest BCUT2D eigenvalue weighted by Gasteiger charge is -2.27. The summed E-state index contributed by atoms with van der Waals surface area (Å²) in [7, 11) is -3.35. The lowest BCUT2D eigenvalue weighted by molar-refractivity contribution is -0.136. The van der Waals surface area contributed by atoms with Crippen molar-refractivity contribution < 1.29 is 37.0 Å². The van der Waals surface area contributed by atoms with E-state index in [9.17, 15) is 18.0 Å². The van der Waals surface area contributed by atoms with Crippen LogP contribution in [0.25, 0.3) is 0 Å². The lowest BCUT2D eigenvalue weighted by Crippen LogP contribution is -2.31. The number of carbonyl (C=O) groups excluding carboxylic acids is 2. The molecule has 1 amide bonds. The van der Waals surface area contributed by atoms with Crippen molar-refractivity contribution in [1.82, 2.24) is 4.98 Å². The molecule has 1 aromatic heterocycles. The highest BCUT2D eigenvalue weighted by atomic mass is 32.2. The molecule has 1 atom stereocenters. The van der Waals surface area contributed by atoms with Crippen molar-refractivity contribution in [2.45, 2.75) is 55.0 Å². The molecule has 5 rings (SSSR count). The van der Waals surface area contributed by atoms with Gasteiger partial charge in [0.2, 0.25) is 5.06 Å². The number of hydrogen-bond acceptors (Lipinski definition) is 10. The Morgan fingerprint density at radius 2 is 1.80 bits per heavy atom. The van der Waals surface area contributed by atoms with Crippen LogP contribution in [0.2, 0.25) is 0 Å². The van der Waals surface area contributed by atoms with Crippen LogP contribution in [-0.2, 0) is 28.8 Å². The molecule has 10 nitrogen and oxygen atoms in total. The van der Waals surface area contributed by atoms with Crippen molar-refractivity contribution in [3.05, 3.63) is 65.9 Å². The van der Waals surface area contributed by atoms with Crippen LogP contribution in [0, 0.1) is 0 Å². The second-order valence-electron chi connectivity index (χ2n) is 9.43. The second-order valence-corrected chi connectivity index (χ2v) is 12.7. The Balaban J connectivity index is 1.31. The monoisotopic (exact) mass is 586 g/mol. The number of para-hydroxylation sites is 1. The number of carbonyl (C=O) groups is 2. The third kappa shape index (κ3) is 6.69. The Kier molecular flexibility index (Phi) is 8.79. The Bertz CT molecular complexity index is 1440. The van der Waals surface area contributed by atoms with Gasteiger partial charge in [-0.25, -0.2) is 18.2 Å². The molecule has 40 heavy (non-hydrogen) atoms. The molecule has 12 heteroatoms. The Labute approximate surface area is 236 Å². The van der Waals surface area contributed by atoms with Gasteiger partial charge in [-0.3, -0.25) is 10.1 Å². The number of nitrogens with one attached hydrogen (secondary N) is 1. The number of aromatic nitrogens is 1. The lowest BCUT2D eigenvalue weighted by atomic mass is 10.1. The zero-order chi connectivity index (χ0) is 28.1. The van der Waals surface area contributed by atoms with E-state index >= 15 is 0 Å². The van der Waals surface area contributed by atoms with Gasteiger partial charge in [0.15, 0.2) is 21.1 Å². The van der Waals surface area contributed by atoms with Gasteiger partial charge in [0.25, 0.3) is 5.91 Å². The Morgan fingerprint density at radius 3 is 2.50 bits per heavy atom. The zero-order valence-electron chi connectivity index (χ0n) is 21.9. The number of hydrogen-bond donors (Lipinski definition) is 1.